The molecule has 0 fully saturated rings. The summed E-state index contributed by atoms with van der Waals surface area (Å²) in [5, 5.41) is 10.1. The van der Waals surface area contributed by atoms with Crippen molar-refractivity contribution in [1.29, 1.82) is 0 Å². The number of aromatic nitrogens is 4. The molecule has 0 aliphatic rings. The van der Waals surface area contributed by atoms with Crippen molar-refractivity contribution in [3.63, 3.8) is 0 Å². The van der Waals surface area contributed by atoms with Crippen LogP contribution in [0.4, 0.5) is 0 Å². The smallest absolute Gasteiger partial charge is 0.267 e. The standard InChI is InChI=1S/C23H15ClN4OS/c1-14-18(12-7-15-5-3-2-4-6-15)19-20-21(30-22(19)27-26-14)23(29)28(13-25-20)17-10-8-16(24)9-11-17/h2-13H,1H3/b12-7-. The largest absolute Gasteiger partial charge is 0.275 e. The third-order valence-corrected chi connectivity index (χ3v) is 6.18. The van der Waals surface area contributed by atoms with E-state index in [1.165, 1.54) is 15.9 Å². The van der Waals surface area contributed by atoms with Gasteiger partial charge < -0.3 is 0 Å². The van der Waals surface area contributed by atoms with E-state index in [1.54, 1.807) is 30.6 Å². The molecule has 2 aromatic carbocycles. The highest BCUT2D eigenvalue weighted by Gasteiger charge is 2.17. The first-order valence-corrected chi connectivity index (χ1v) is 10.5. The Balaban J connectivity index is 1.72. The summed E-state index contributed by atoms with van der Waals surface area (Å²) in [5.41, 5.74) is 4.02. The molecule has 7 heteroatoms. The lowest BCUT2D eigenvalue weighted by molar-refractivity contribution is 0.967. The lowest BCUT2D eigenvalue weighted by Crippen LogP contribution is -2.17. The Bertz CT molecular complexity index is 1470. The topological polar surface area (TPSA) is 60.7 Å². The van der Waals surface area contributed by atoms with E-state index in [9.17, 15) is 4.79 Å². The summed E-state index contributed by atoms with van der Waals surface area (Å²) >= 11 is 7.29. The second-order valence-electron chi connectivity index (χ2n) is 6.80. The first-order valence-electron chi connectivity index (χ1n) is 9.28. The van der Waals surface area contributed by atoms with Crippen molar-refractivity contribution in [2.75, 3.05) is 0 Å². The summed E-state index contributed by atoms with van der Waals surface area (Å²) in [6.07, 6.45) is 5.60. The van der Waals surface area contributed by atoms with Crippen molar-refractivity contribution in [2.45, 2.75) is 6.92 Å². The highest BCUT2D eigenvalue weighted by Crippen LogP contribution is 2.33. The van der Waals surface area contributed by atoms with Crippen molar-refractivity contribution in [3.8, 4) is 5.69 Å². The van der Waals surface area contributed by atoms with E-state index in [0.29, 0.717) is 25.8 Å². The molecule has 30 heavy (non-hydrogen) atoms. The number of nitrogens with zero attached hydrogens (tertiary/aromatic N) is 4. The van der Waals surface area contributed by atoms with E-state index >= 15 is 0 Å². The molecule has 5 nitrogen and oxygen atoms in total. The molecule has 5 aromatic rings. The molecule has 0 aliphatic carbocycles. The number of hydrogen-bond acceptors (Lipinski definition) is 5. The molecule has 0 spiro atoms. The van der Waals surface area contributed by atoms with Gasteiger partial charge in [0, 0.05) is 16.0 Å². The SMILES string of the molecule is Cc1nnc2sc3c(=O)n(-c4ccc(Cl)cc4)cnc3c2c1/C=C\c1ccccc1. The normalized spacial score (nSPS) is 11.7. The molecule has 0 aliphatic heterocycles. The monoisotopic (exact) mass is 430 g/mol. The predicted molar refractivity (Wildman–Crippen MR) is 123 cm³/mol. The molecule has 0 saturated heterocycles. The Labute approximate surface area is 180 Å². The van der Waals surface area contributed by atoms with Crippen LogP contribution < -0.4 is 5.56 Å². The first-order chi connectivity index (χ1) is 14.6. The average molecular weight is 431 g/mol. The zero-order valence-corrected chi connectivity index (χ0v) is 17.5. The zero-order valence-electron chi connectivity index (χ0n) is 15.9. The predicted octanol–water partition coefficient (Wildman–Crippen LogP) is 5.52. The number of thiophene rings is 1. The minimum absolute atomic E-state index is 0.138. The molecular weight excluding hydrogens is 416 g/mol. The molecule has 0 bridgehead atoms. The molecule has 5 rings (SSSR count). The van der Waals surface area contributed by atoms with E-state index < -0.39 is 0 Å². The third kappa shape index (κ3) is 3.20. The summed E-state index contributed by atoms with van der Waals surface area (Å²) in [7, 11) is 0. The van der Waals surface area contributed by atoms with E-state index in [2.05, 4.69) is 15.2 Å². The Hall–Kier alpha value is -3.35. The average Bonchev–Trinajstić information content (AvgIpc) is 3.15. The van der Waals surface area contributed by atoms with Gasteiger partial charge in [0.15, 0.2) is 0 Å². The number of hydrogen-bond donors (Lipinski definition) is 0. The second kappa shape index (κ2) is 7.48. The summed E-state index contributed by atoms with van der Waals surface area (Å²) in [5.74, 6) is 0. The minimum atomic E-state index is -0.138. The van der Waals surface area contributed by atoms with Crippen LogP contribution in [0.3, 0.4) is 0 Å². The molecule has 0 saturated carbocycles. The van der Waals surface area contributed by atoms with Gasteiger partial charge >= 0.3 is 0 Å². The molecule has 146 valence electrons. The van der Waals surface area contributed by atoms with Crippen LogP contribution in [0.25, 0.3) is 38.3 Å². The van der Waals surface area contributed by atoms with Gasteiger partial charge in [0.25, 0.3) is 5.56 Å². The number of aryl methyl sites for hydroxylation is 1. The van der Waals surface area contributed by atoms with E-state index in [4.69, 9.17) is 11.6 Å². The highest BCUT2D eigenvalue weighted by molar-refractivity contribution is 7.25. The zero-order chi connectivity index (χ0) is 20.7. The van der Waals surface area contributed by atoms with Gasteiger partial charge in [-0.1, -0.05) is 54.1 Å². The fraction of sp³-hybridized carbons (Fsp3) is 0.0435. The molecule has 0 unspecified atom stereocenters. The maximum absolute atomic E-state index is 13.2. The van der Waals surface area contributed by atoms with Crippen LogP contribution in [0, 0.1) is 6.92 Å². The molecule has 3 heterocycles. The Morgan fingerprint density at radius 3 is 2.53 bits per heavy atom. The van der Waals surface area contributed by atoms with Crippen molar-refractivity contribution in [1.82, 2.24) is 19.7 Å². The Morgan fingerprint density at radius 1 is 1.00 bits per heavy atom. The molecule has 3 aromatic heterocycles. The first kappa shape index (κ1) is 18.7. The van der Waals surface area contributed by atoms with Gasteiger partial charge in [0.2, 0.25) is 0 Å². The van der Waals surface area contributed by atoms with Gasteiger partial charge in [0.05, 0.1) is 16.9 Å². The molecule has 0 atom stereocenters. The maximum Gasteiger partial charge on any atom is 0.275 e. The number of rotatable bonds is 3. The van der Waals surface area contributed by atoms with Gasteiger partial charge in [-0.2, -0.15) is 5.10 Å². The van der Waals surface area contributed by atoms with Crippen LogP contribution in [0.2, 0.25) is 5.02 Å². The van der Waals surface area contributed by atoms with Gasteiger partial charge in [-0.25, -0.2) is 4.98 Å². The van der Waals surface area contributed by atoms with Gasteiger partial charge in [-0.05, 0) is 36.8 Å². The van der Waals surface area contributed by atoms with Gasteiger partial charge in [-0.3, -0.25) is 9.36 Å². The van der Waals surface area contributed by atoms with Crippen LogP contribution in [-0.4, -0.2) is 19.7 Å². The van der Waals surface area contributed by atoms with Crippen molar-refractivity contribution in [2.24, 2.45) is 0 Å². The summed E-state index contributed by atoms with van der Waals surface area (Å²) in [6, 6.07) is 17.1. The number of fused-ring (bicyclic) bond motifs is 3. The fourth-order valence-corrected chi connectivity index (χ4v) is 4.50. The van der Waals surface area contributed by atoms with Gasteiger partial charge in [0.1, 0.15) is 15.9 Å². The highest BCUT2D eigenvalue weighted by atomic mass is 35.5. The second-order valence-corrected chi connectivity index (χ2v) is 8.23. The van der Waals surface area contributed by atoms with Crippen molar-refractivity contribution < 1.29 is 0 Å². The Morgan fingerprint density at radius 2 is 1.77 bits per heavy atom. The van der Waals surface area contributed by atoms with Crippen molar-refractivity contribution in [3.05, 3.63) is 93.1 Å². The molecular formula is C23H15ClN4OS. The lowest BCUT2D eigenvalue weighted by atomic mass is 10.1. The van der Waals surface area contributed by atoms with E-state index in [-0.39, 0.29) is 5.56 Å². The van der Waals surface area contributed by atoms with Crippen LogP contribution in [0.5, 0.6) is 0 Å². The van der Waals surface area contributed by atoms with Crippen molar-refractivity contribution >= 4 is 55.5 Å². The van der Waals surface area contributed by atoms with Crippen LogP contribution in [-0.2, 0) is 0 Å². The molecule has 0 N–H and O–H groups in total. The summed E-state index contributed by atoms with van der Waals surface area (Å²) < 4.78 is 2.07. The fourth-order valence-electron chi connectivity index (χ4n) is 3.36. The number of halogens is 1. The van der Waals surface area contributed by atoms with Crippen LogP contribution in [0.1, 0.15) is 16.8 Å². The van der Waals surface area contributed by atoms with Gasteiger partial charge in [-0.15, -0.1) is 16.4 Å². The molecule has 0 radical (unpaired) electrons. The minimum Gasteiger partial charge on any atom is -0.267 e. The Kier molecular flexibility index (Phi) is 4.65. The van der Waals surface area contributed by atoms with E-state index in [0.717, 1.165) is 22.2 Å². The quantitative estimate of drug-likeness (QED) is 0.378. The lowest BCUT2D eigenvalue weighted by Gasteiger charge is -2.05. The van der Waals surface area contributed by atoms with Crippen LogP contribution >= 0.6 is 22.9 Å². The number of benzene rings is 2. The maximum atomic E-state index is 13.2. The third-order valence-electron chi connectivity index (χ3n) is 4.88. The van der Waals surface area contributed by atoms with E-state index in [1.807, 2.05) is 49.4 Å². The van der Waals surface area contributed by atoms with Crippen LogP contribution in [0.15, 0.2) is 65.7 Å². The molecule has 0 amide bonds. The summed E-state index contributed by atoms with van der Waals surface area (Å²) in [6.45, 7) is 1.91. The summed E-state index contributed by atoms with van der Waals surface area (Å²) in [4.78, 5) is 18.5.